The van der Waals surface area contributed by atoms with Crippen molar-refractivity contribution in [3.8, 4) is 0 Å². The van der Waals surface area contributed by atoms with Crippen LogP contribution < -0.4 is 10.9 Å². The summed E-state index contributed by atoms with van der Waals surface area (Å²) in [6.45, 7) is 3.90. The predicted molar refractivity (Wildman–Crippen MR) is 110 cm³/mol. The Hall–Kier alpha value is -1.54. The summed E-state index contributed by atoms with van der Waals surface area (Å²) < 4.78 is 1.48. The van der Waals surface area contributed by atoms with Gasteiger partial charge in [0.05, 0.1) is 21.2 Å². The first-order valence-corrected chi connectivity index (χ1v) is 10.2. The van der Waals surface area contributed by atoms with Gasteiger partial charge in [-0.1, -0.05) is 35.0 Å². The monoisotopic (exact) mass is 427 g/mol. The van der Waals surface area contributed by atoms with Gasteiger partial charge in [-0.05, 0) is 37.6 Å². The number of nitrogens with zero attached hydrogens (tertiary/aromatic N) is 2. The fourth-order valence-electron chi connectivity index (χ4n) is 2.39. The molecule has 0 fully saturated rings. The van der Waals surface area contributed by atoms with E-state index in [-0.39, 0.29) is 17.2 Å². The van der Waals surface area contributed by atoms with Gasteiger partial charge in [0.1, 0.15) is 4.83 Å². The Morgan fingerprint density at radius 1 is 1.31 bits per heavy atom. The molecule has 1 amide bonds. The second-order valence-electron chi connectivity index (χ2n) is 5.69. The maximum absolute atomic E-state index is 12.6. The standard InChI is InChI=1S/C17H15Cl2N3O2S2/c1-8-9(2)26-15-14(8)16(24)22(3)17(21-15)25-7-13(23)20-10-4-5-11(18)12(19)6-10/h4-6H,7H2,1-3H3,(H,20,23). The zero-order valence-electron chi connectivity index (χ0n) is 14.2. The Morgan fingerprint density at radius 2 is 2.04 bits per heavy atom. The summed E-state index contributed by atoms with van der Waals surface area (Å²) in [5.41, 5.74) is 1.43. The molecular formula is C17H15Cl2N3O2S2. The van der Waals surface area contributed by atoms with Crippen LogP contribution in [0.3, 0.4) is 0 Å². The molecule has 26 heavy (non-hydrogen) atoms. The van der Waals surface area contributed by atoms with E-state index in [1.807, 2.05) is 13.8 Å². The molecule has 0 radical (unpaired) electrons. The predicted octanol–water partition coefficient (Wildman–Crippen LogP) is 4.65. The maximum atomic E-state index is 12.6. The minimum Gasteiger partial charge on any atom is -0.325 e. The number of carbonyl (C=O) groups excluding carboxylic acids is 1. The molecule has 136 valence electrons. The SMILES string of the molecule is Cc1sc2nc(SCC(=O)Nc3ccc(Cl)c(Cl)c3)n(C)c(=O)c2c1C. The zero-order valence-corrected chi connectivity index (χ0v) is 17.4. The van der Waals surface area contributed by atoms with Crippen LogP contribution in [0.15, 0.2) is 28.2 Å². The van der Waals surface area contributed by atoms with Gasteiger partial charge >= 0.3 is 0 Å². The third-order valence-corrected chi connectivity index (χ3v) is 6.78. The van der Waals surface area contributed by atoms with E-state index in [2.05, 4.69) is 10.3 Å². The molecule has 0 aliphatic heterocycles. The number of fused-ring (bicyclic) bond motifs is 1. The van der Waals surface area contributed by atoms with Gasteiger partial charge in [-0.2, -0.15) is 0 Å². The van der Waals surface area contributed by atoms with Gasteiger partial charge in [0.2, 0.25) is 5.91 Å². The molecule has 0 spiro atoms. The van der Waals surface area contributed by atoms with Crippen LogP contribution in [0, 0.1) is 13.8 Å². The number of carbonyl (C=O) groups is 1. The lowest BCUT2D eigenvalue weighted by Crippen LogP contribution is -2.21. The average Bonchev–Trinajstić information content (AvgIpc) is 2.87. The number of rotatable bonds is 4. The van der Waals surface area contributed by atoms with E-state index in [1.54, 1.807) is 25.2 Å². The van der Waals surface area contributed by atoms with Gasteiger partial charge in [0.15, 0.2) is 5.16 Å². The van der Waals surface area contributed by atoms with Crippen molar-refractivity contribution in [3.05, 3.63) is 49.0 Å². The lowest BCUT2D eigenvalue weighted by molar-refractivity contribution is -0.113. The number of thiophene rings is 1. The highest BCUT2D eigenvalue weighted by Crippen LogP contribution is 2.28. The number of aromatic nitrogens is 2. The minimum absolute atomic E-state index is 0.0933. The maximum Gasteiger partial charge on any atom is 0.262 e. The van der Waals surface area contributed by atoms with Gasteiger partial charge < -0.3 is 5.32 Å². The third kappa shape index (κ3) is 3.76. The smallest absolute Gasteiger partial charge is 0.262 e. The normalized spacial score (nSPS) is 11.1. The van der Waals surface area contributed by atoms with Crippen molar-refractivity contribution in [1.82, 2.24) is 9.55 Å². The number of halogens is 2. The molecule has 3 aromatic rings. The van der Waals surface area contributed by atoms with E-state index in [0.29, 0.717) is 31.1 Å². The number of thioether (sulfide) groups is 1. The summed E-state index contributed by atoms with van der Waals surface area (Å²) in [7, 11) is 1.67. The Balaban J connectivity index is 1.77. The molecule has 3 rings (SSSR count). The molecule has 2 aromatic heterocycles. The second kappa shape index (κ2) is 7.60. The van der Waals surface area contributed by atoms with Crippen LogP contribution >= 0.6 is 46.3 Å². The highest BCUT2D eigenvalue weighted by atomic mass is 35.5. The van der Waals surface area contributed by atoms with E-state index >= 15 is 0 Å². The van der Waals surface area contributed by atoms with Gasteiger partial charge in [0.25, 0.3) is 5.56 Å². The van der Waals surface area contributed by atoms with Gasteiger partial charge in [0, 0.05) is 17.6 Å². The number of nitrogens with one attached hydrogen (secondary N) is 1. The quantitative estimate of drug-likeness (QED) is 0.486. The Labute approximate surface area is 168 Å². The molecule has 0 unspecified atom stereocenters. The molecule has 2 heterocycles. The summed E-state index contributed by atoms with van der Waals surface area (Å²) in [4.78, 5) is 31.1. The third-order valence-electron chi connectivity index (χ3n) is 3.91. The van der Waals surface area contributed by atoms with Crippen molar-refractivity contribution in [2.45, 2.75) is 19.0 Å². The van der Waals surface area contributed by atoms with Crippen molar-refractivity contribution >= 4 is 68.1 Å². The summed E-state index contributed by atoms with van der Waals surface area (Å²) >= 11 is 14.5. The van der Waals surface area contributed by atoms with Crippen molar-refractivity contribution in [2.24, 2.45) is 7.05 Å². The Bertz CT molecular complexity index is 1080. The number of benzene rings is 1. The van der Waals surface area contributed by atoms with Crippen molar-refractivity contribution in [1.29, 1.82) is 0 Å². The van der Waals surface area contributed by atoms with Crippen LogP contribution in [-0.4, -0.2) is 21.2 Å². The molecule has 0 bridgehead atoms. The van der Waals surface area contributed by atoms with E-state index < -0.39 is 0 Å². The molecule has 0 aliphatic carbocycles. The van der Waals surface area contributed by atoms with Crippen LogP contribution in [0.2, 0.25) is 10.0 Å². The number of aryl methyl sites for hydroxylation is 2. The largest absolute Gasteiger partial charge is 0.325 e. The molecule has 5 nitrogen and oxygen atoms in total. The summed E-state index contributed by atoms with van der Waals surface area (Å²) in [6.07, 6.45) is 0. The first-order chi connectivity index (χ1) is 12.3. The van der Waals surface area contributed by atoms with Crippen LogP contribution in [0.25, 0.3) is 10.2 Å². The highest BCUT2D eigenvalue weighted by molar-refractivity contribution is 7.99. The molecule has 1 aromatic carbocycles. The summed E-state index contributed by atoms with van der Waals surface area (Å²) in [6, 6.07) is 4.88. The van der Waals surface area contributed by atoms with E-state index in [4.69, 9.17) is 23.2 Å². The minimum atomic E-state index is -0.221. The van der Waals surface area contributed by atoms with Gasteiger partial charge in [-0.15, -0.1) is 11.3 Å². The van der Waals surface area contributed by atoms with Crippen molar-refractivity contribution in [3.63, 3.8) is 0 Å². The summed E-state index contributed by atoms with van der Waals surface area (Å²) in [5, 5.41) is 4.70. The second-order valence-corrected chi connectivity index (χ2v) is 8.65. The number of hydrogen-bond acceptors (Lipinski definition) is 5. The topological polar surface area (TPSA) is 64.0 Å². The van der Waals surface area contributed by atoms with E-state index in [1.165, 1.54) is 27.7 Å². The number of hydrogen-bond donors (Lipinski definition) is 1. The molecule has 0 aliphatic rings. The van der Waals surface area contributed by atoms with Crippen molar-refractivity contribution < 1.29 is 4.79 Å². The van der Waals surface area contributed by atoms with E-state index in [0.717, 1.165) is 10.4 Å². The van der Waals surface area contributed by atoms with Crippen LogP contribution in [0.4, 0.5) is 5.69 Å². The van der Waals surface area contributed by atoms with Crippen molar-refractivity contribution in [2.75, 3.05) is 11.1 Å². The first-order valence-electron chi connectivity index (χ1n) is 7.62. The number of amides is 1. The molecular weight excluding hydrogens is 413 g/mol. The van der Waals surface area contributed by atoms with Gasteiger partial charge in [-0.3, -0.25) is 14.2 Å². The Kier molecular flexibility index (Phi) is 5.62. The van der Waals surface area contributed by atoms with Crippen LogP contribution in [0.5, 0.6) is 0 Å². The molecule has 1 N–H and O–H groups in total. The molecule has 0 atom stereocenters. The van der Waals surface area contributed by atoms with E-state index in [9.17, 15) is 9.59 Å². The molecule has 0 saturated heterocycles. The van der Waals surface area contributed by atoms with Crippen LogP contribution in [0.1, 0.15) is 10.4 Å². The number of anilines is 1. The van der Waals surface area contributed by atoms with Gasteiger partial charge in [-0.25, -0.2) is 4.98 Å². The lowest BCUT2D eigenvalue weighted by atomic mass is 10.2. The zero-order chi connectivity index (χ0) is 19.0. The van der Waals surface area contributed by atoms with Crippen LogP contribution in [-0.2, 0) is 11.8 Å². The molecule has 9 heteroatoms. The lowest BCUT2D eigenvalue weighted by Gasteiger charge is -2.08. The fourth-order valence-corrected chi connectivity index (χ4v) is 4.53. The fraction of sp³-hybridized carbons (Fsp3) is 0.235. The Morgan fingerprint density at radius 3 is 2.73 bits per heavy atom. The summed E-state index contributed by atoms with van der Waals surface area (Å²) in [5.74, 6) is -0.101. The first kappa shape index (κ1) is 19.2. The highest BCUT2D eigenvalue weighted by Gasteiger charge is 2.16. The molecule has 0 saturated carbocycles. The average molecular weight is 428 g/mol.